The van der Waals surface area contributed by atoms with Gasteiger partial charge in [-0.3, -0.25) is 4.57 Å². The first-order valence-corrected chi connectivity index (χ1v) is 5.88. The lowest BCUT2D eigenvalue weighted by molar-refractivity contribution is 0.631. The molecule has 0 fully saturated rings. The Balaban J connectivity index is 2.34. The van der Waals surface area contributed by atoms with Gasteiger partial charge in [0.15, 0.2) is 0 Å². The molecule has 0 bridgehead atoms. The fourth-order valence-corrected chi connectivity index (χ4v) is 2.04. The van der Waals surface area contributed by atoms with E-state index in [-0.39, 0.29) is 5.69 Å². The quantitative estimate of drug-likeness (QED) is 0.838. The van der Waals surface area contributed by atoms with E-state index in [1.54, 1.807) is 4.57 Å². The second-order valence-electron chi connectivity index (χ2n) is 3.86. The summed E-state index contributed by atoms with van der Waals surface area (Å²) in [5.74, 6) is 0.736. The Kier molecular flexibility index (Phi) is 3.33. The van der Waals surface area contributed by atoms with Gasteiger partial charge in [0, 0.05) is 11.6 Å². The third-order valence-corrected chi connectivity index (χ3v) is 2.88. The molecule has 17 heavy (non-hydrogen) atoms. The number of nitrogens with zero attached hydrogens (tertiary/aromatic N) is 3. The summed E-state index contributed by atoms with van der Waals surface area (Å²) in [6, 6.07) is 7.45. The van der Waals surface area contributed by atoms with E-state index in [2.05, 4.69) is 5.10 Å². The van der Waals surface area contributed by atoms with Crippen LogP contribution in [0.25, 0.3) is 0 Å². The van der Waals surface area contributed by atoms with Crippen molar-refractivity contribution in [2.75, 3.05) is 0 Å². The normalized spacial score (nSPS) is 10.8. The molecule has 0 unspecified atom stereocenters. The maximum atomic E-state index is 11.9. The molecule has 0 aliphatic carbocycles. The zero-order valence-corrected chi connectivity index (χ0v) is 10.6. The lowest BCUT2D eigenvalue weighted by Crippen LogP contribution is -2.25. The van der Waals surface area contributed by atoms with Gasteiger partial charge in [0.05, 0.1) is 6.54 Å². The molecule has 2 rings (SSSR count). The van der Waals surface area contributed by atoms with Crippen molar-refractivity contribution in [3.63, 3.8) is 0 Å². The minimum Gasteiger partial charge on any atom is -0.279 e. The van der Waals surface area contributed by atoms with Crippen LogP contribution in [0.2, 0.25) is 5.02 Å². The summed E-state index contributed by atoms with van der Waals surface area (Å²) in [6.07, 6.45) is 0. The molecule has 1 heterocycles. The van der Waals surface area contributed by atoms with Gasteiger partial charge in [-0.2, -0.15) is 5.10 Å². The SMILES string of the molecule is CCn1c(C)nn(Cc2cccc(Cl)c2)c1=O. The summed E-state index contributed by atoms with van der Waals surface area (Å²) in [4.78, 5) is 11.9. The van der Waals surface area contributed by atoms with Crippen LogP contribution in [-0.4, -0.2) is 14.3 Å². The summed E-state index contributed by atoms with van der Waals surface area (Å²) < 4.78 is 3.11. The number of halogens is 1. The molecule has 4 nitrogen and oxygen atoms in total. The van der Waals surface area contributed by atoms with Crippen molar-refractivity contribution in [3.8, 4) is 0 Å². The molecular formula is C12H14ClN3O. The maximum Gasteiger partial charge on any atom is 0.346 e. The molecule has 0 amide bonds. The van der Waals surface area contributed by atoms with E-state index in [9.17, 15) is 4.79 Å². The lowest BCUT2D eigenvalue weighted by atomic mass is 10.2. The Hall–Kier alpha value is -1.55. The molecule has 1 aromatic carbocycles. The molecule has 0 aliphatic heterocycles. The molecule has 0 radical (unpaired) electrons. The van der Waals surface area contributed by atoms with Crippen LogP contribution in [0, 0.1) is 6.92 Å². The molecule has 0 saturated heterocycles. The van der Waals surface area contributed by atoms with Crippen LogP contribution in [-0.2, 0) is 13.1 Å². The van der Waals surface area contributed by atoms with Gasteiger partial charge in [-0.05, 0) is 31.5 Å². The third kappa shape index (κ3) is 2.42. The summed E-state index contributed by atoms with van der Waals surface area (Å²) in [6.45, 7) is 4.85. The van der Waals surface area contributed by atoms with Crippen molar-refractivity contribution in [1.82, 2.24) is 14.3 Å². The summed E-state index contributed by atoms with van der Waals surface area (Å²) in [5, 5.41) is 4.90. The smallest absolute Gasteiger partial charge is 0.279 e. The van der Waals surface area contributed by atoms with Gasteiger partial charge in [-0.25, -0.2) is 9.48 Å². The average Bonchev–Trinajstić information content (AvgIpc) is 2.54. The van der Waals surface area contributed by atoms with Crippen LogP contribution in [0.1, 0.15) is 18.3 Å². The van der Waals surface area contributed by atoms with Crippen LogP contribution in [0.15, 0.2) is 29.1 Å². The average molecular weight is 252 g/mol. The summed E-state index contributed by atoms with van der Waals surface area (Å²) in [5.41, 5.74) is 0.894. The fraction of sp³-hybridized carbons (Fsp3) is 0.333. The Labute approximate surface area is 104 Å². The van der Waals surface area contributed by atoms with Gasteiger partial charge in [0.2, 0.25) is 0 Å². The number of hydrogen-bond acceptors (Lipinski definition) is 2. The van der Waals surface area contributed by atoms with Crippen LogP contribution in [0.3, 0.4) is 0 Å². The van der Waals surface area contributed by atoms with Crippen LogP contribution < -0.4 is 5.69 Å². The van der Waals surface area contributed by atoms with Crippen molar-refractivity contribution < 1.29 is 0 Å². The Bertz CT molecular complexity index is 586. The number of aryl methyl sites for hydroxylation is 1. The number of rotatable bonds is 3. The largest absolute Gasteiger partial charge is 0.346 e. The van der Waals surface area contributed by atoms with E-state index in [0.717, 1.165) is 11.4 Å². The topological polar surface area (TPSA) is 39.8 Å². The first-order chi connectivity index (χ1) is 8.11. The highest BCUT2D eigenvalue weighted by molar-refractivity contribution is 6.30. The molecule has 0 spiro atoms. The van der Waals surface area contributed by atoms with E-state index < -0.39 is 0 Å². The lowest BCUT2D eigenvalue weighted by Gasteiger charge is -2.00. The predicted molar refractivity (Wildman–Crippen MR) is 67.5 cm³/mol. The van der Waals surface area contributed by atoms with Gasteiger partial charge in [0.25, 0.3) is 0 Å². The summed E-state index contributed by atoms with van der Waals surface area (Å²) in [7, 11) is 0. The second kappa shape index (κ2) is 4.75. The zero-order chi connectivity index (χ0) is 12.4. The molecule has 2 aromatic rings. The number of benzene rings is 1. The van der Waals surface area contributed by atoms with Crippen molar-refractivity contribution in [2.45, 2.75) is 26.9 Å². The molecule has 90 valence electrons. The zero-order valence-electron chi connectivity index (χ0n) is 9.85. The van der Waals surface area contributed by atoms with Gasteiger partial charge in [-0.1, -0.05) is 23.7 Å². The highest BCUT2D eigenvalue weighted by atomic mass is 35.5. The molecule has 1 aromatic heterocycles. The van der Waals surface area contributed by atoms with Gasteiger partial charge in [-0.15, -0.1) is 0 Å². The molecule has 0 atom stereocenters. The van der Waals surface area contributed by atoms with Crippen LogP contribution >= 0.6 is 11.6 Å². The van der Waals surface area contributed by atoms with Crippen molar-refractivity contribution >= 4 is 11.6 Å². The second-order valence-corrected chi connectivity index (χ2v) is 4.30. The molecule has 0 saturated carbocycles. The third-order valence-electron chi connectivity index (χ3n) is 2.65. The summed E-state index contributed by atoms with van der Waals surface area (Å²) >= 11 is 5.90. The van der Waals surface area contributed by atoms with E-state index in [4.69, 9.17) is 11.6 Å². The molecule has 0 aliphatic rings. The first kappa shape index (κ1) is 11.9. The van der Waals surface area contributed by atoms with Crippen LogP contribution in [0.5, 0.6) is 0 Å². The van der Waals surface area contributed by atoms with E-state index >= 15 is 0 Å². The Morgan fingerprint density at radius 3 is 2.76 bits per heavy atom. The van der Waals surface area contributed by atoms with Crippen LogP contribution in [0.4, 0.5) is 0 Å². The first-order valence-electron chi connectivity index (χ1n) is 5.50. The fourth-order valence-electron chi connectivity index (χ4n) is 1.82. The van der Waals surface area contributed by atoms with Crippen molar-refractivity contribution in [1.29, 1.82) is 0 Å². The molecule has 5 heteroatoms. The van der Waals surface area contributed by atoms with Crippen molar-refractivity contribution in [2.24, 2.45) is 0 Å². The maximum absolute atomic E-state index is 11.9. The molecule has 0 N–H and O–H groups in total. The highest BCUT2D eigenvalue weighted by Crippen LogP contribution is 2.11. The predicted octanol–water partition coefficient (Wildman–Crippen LogP) is 2.07. The van der Waals surface area contributed by atoms with Gasteiger partial charge in [0.1, 0.15) is 5.82 Å². The molecular weight excluding hydrogens is 238 g/mol. The van der Waals surface area contributed by atoms with Gasteiger partial charge >= 0.3 is 5.69 Å². The number of hydrogen-bond donors (Lipinski definition) is 0. The van der Waals surface area contributed by atoms with E-state index in [1.807, 2.05) is 38.1 Å². The van der Waals surface area contributed by atoms with Crippen molar-refractivity contribution in [3.05, 3.63) is 51.2 Å². The number of aromatic nitrogens is 3. The Morgan fingerprint density at radius 2 is 2.18 bits per heavy atom. The Morgan fingerprint density at radius 1 is 1.41 bits per heavy atom. The minimum atomic E-state index is -0.0787. The van der Waals surface area contributed by atoms with Gasteiger partial charge < -0.3 is 0 Å². The van der Waals surface area contributed by atoms with E-state index in [0.29, 0.717) is 18.1 Å². The highest BCUT2D eigenvalue weighted by Gasteiger charge is 2.08. The van der Waals surface area contributed by atoms with E-state index in [1.165, 1.54) is 4.68 Å². The monoisotopic (exact) mass is 251 g/mol. The standard InChI is InChI=1S/C12H14ClN3O/c1-3-15-9(2)14-16(12(15)17)8-10-5-4-6-11(13)7-10/h4-7H,3,8H2,1-2H3. The minimum absolute atomic E-state index is 0.0787.